The lowest BCUT2D eigenvalue weighted by Crippen LogP contribution is -2.28. The first kappa shape index (κ1) is 14.0. The van der Waals surface area contributed by atoms with Crippen LogP contribution >= 0.6 is 8.25 Å². The Kier molecular flexibility index (Phi) is 8.30. The lowest BCUT2D eigenvalue weighted by Gasteiger charge is -2.10. The second-order valence-electron chi connectivity index (χ2n) is 2.59. The van der Waals surface area contributed by atoms with E-state index in [1.807, 2.05) is 0 Å². The minimum Gasteiger partial charge on any atom is -0.379 e. The third kappa shape index (κ3) is 10.1. The van der Waals surface area contributed by atoms with Crippen molar-refractivity contribution < 1.29 is 23.8 Å². The van der Waals surface area contributed by atoms with E-state index >= 15 is 0 Å². The highest BCUT2D eigenvalue weighted by Gasteiger charge is 2.01. The number of aliphatic hydroxyl groups excluding tert-OH is 2. The number of rotatable bonds is 8. The van der Waals surface area contributed by atoms with Gasteiger partial charge < -0.3 is 10.2 Å². The Labute approximate surface area is 83.4 Å². The Bertz CT molecular complexity index is 150. The highest BCUT2D eigenvalue weighted by atomic mass is 31.1. The minimum atomic E-state index is -2.58. The first-order chi connectivity index (χ1) is 6.52. The van der Waals surface area contributed by atoms with Gasteiger partial charge in [0.15, 0.2) is 0 Å². The fourth-order valence-corrected chi connectivity index (χ4v) is 0.970. The van der Waals surface area contributed by atoms with Crippen LogP contribution in [0.15, 0.2) is 0 Å². The van der Waals surface area contributed by atoms with Crippen LogP contribution in [0.25, 0.3) is 0 Å². The van der Waals surface area contributed by atoms with E-state index in [0.29, 0.717) is 0 Å². The molecule has 0 aromatic rings. The van der Waals surface area contributed by atoms with Crippen molar-refractivity contribution in [1.82, 2.24) is 10.6 Å². The van der Waals surface area contributed by atoms with Crippen LogP contribution in [0, 0.1) is 0 Å². The average Bonchev–Trinajstić information content (AvgIpc) is 2.02. The van der Waals surface area contributed by atoms with Crippen molar-refractivity contribution in [3.8, 4) is 0 Å². The van der Waals surface area contributed by atoms with E-state index in [2.05, 4.69) is 19.7 Å². The summed E-state index contributed by atoms with van der Waals surface area (Å²) in [5.41, 5.74) is 0. The Morgan fingerprint density at radius 3 is 1.79 bits per heavy atom. The van der Waals surface area contributed by atoms with Crippen LogP contribution in [0.4, 0.5) is 0 Å². The Balaban J connectivity index is 3.28. The second kappa shape index (κ2) is 8.31. The second-order valence-corrected chi connectivity index (χ2v) is 3.66. The molecule has 0 aliphatic carbocycles. The van der Waals surface area contributed by atoms with E-state index in [0.717, 1.165) is 0 Å². The van der Waals surface area contributed by atoms with Crippen molar-refractivity contribution in [2.24, 2.45) is 0 Å². The molecule has 2 atom stereocenters. The summed E-state index contributed by atoms with van der Waals surface area (Å²) in [5, 5.41) is 22.5. The van der Waals surface area contributed by atoms with Gasteiger partial charge in [0, 0.05) is 0 Å². The summed E-state index contributed by atoms with van der Waals surface area (Å²) >= 11 is 0. The molecule has 0 saturated carbocycles. The molecule has 0 amide bonds. The molecule has 14 heavy (non-hydrogen) atoms. The first-order valence-corrected chi connectivity index (χ1v) is 5.37. The molecule has 0 saturated heterocycles. The number of aliphatic hydroxyl groups is 2. The number of nitrogens with one attached hydrogen (secondary N) is 2. The lowest BCUT2D eigenvalue weighted by molar-refractivity contribution is 0.0991. The largest absolute Gasteiger partial charge is 0.379 e. The van der Waals surface area contributed by atoms with Gasteiger partial charge >= 0.3 is 8.25 Å². The summed E-state index contributed by atoms with van der Waals surface area (Å²) in [4.78, 5) is 0. The van der Waals surface area contributed by atoms with Gasteiger partial charge in [0.25, 0.3) is 0 Å². The van der Waals surface area contributed by atoms with E-state index in [1.54, 1.807) is 0 Å². The zero-order valence-electron chi connectivity index (χ0n) is 8.19. The molecule has 86 valence electrons. The SMILES string of the molecule is CC(O)NCO[PH](=O)OCNC(C)O. The van der Waals surface area contributed by atoms with Gasteiger partial charge in [-0.1, -0.05) is 0 Å². The van der Waals surface area contributed by atoms with Crippen LogP contribution in [0.3, 0.4) is 0 Å². The first-order valence-electron chi connectivity index (χ1n) is 4.15. The van der Waals surface area contributed by atoms with Crippen molar-refractivity contribution in [1.29, 1.82) is 0 Å². The maximum Gasteiger partial charge on any atom is 0.321 e. The van der Waals surface area contributed by atoms with Crippen LogP contribution in [-0.4, -0.2) is 36.1 Å². The number of hydrogen-bond donors (Lipinski definition) is 4. The normalized spacial score (nSPS) is 17.7. The van der Waals surface area contributed by atoms with Gasteiger partial charge in [0.05, 0.1) is 0 Å². The molecule has 4 N–H and O–H groups in total. The van der Waals surface area contributed by atoms with Crippen LogP contribution in [-0.2, 0) is 13.6 Å². The van der Waals surface area contributed by atoms with E-state index in [1.165, 1.54) is 13.8 Å². The monoisotopic (exact) mass is 228 g/mol. The smallest absolute Gasteiger partial charge is 0.321 e. The summed E-state index contributed by atoms with van der Waals surface area (Å²) in [5.74, 6) is 0. The molecule has 0 bridgehead atoms. The number of hydrogen-bond acceptors (Lipinski definition) is 7. The van der Waals surface area contributed by atoms with Crippen LogP contribution in [0.2, 0.25) is 0 Å². The highest BCUT2D eigenvalue weighted by Crippen LogP contribution is 2.21. The summed E-state index contributed by atoms with van der Waals surface area (Å²) in [6, 6.07) is 0. The van der Waals surface area contributed by atoms with Gasteiger partial charge in [0.1, 0.15) is 25.9 Å². The summed E-state index contributed by atoms with van der Waals surface area (Å²) in [6.07, 6.45) is -1.44. The molecule has 0 rings (SSSR count). The van der Waals surface area contributed by atoms with Crippen molar-refractivity contribution >= 4 is 8.25 Å². The summed E-state index contributed by atoms with van der Waals surface area (Å²) in [7, 11) is -2.58. The maximum absolute atomic E-state index is 10.9. The minimum absolute atomic E-state index is 0.0514. The highest BCUT2D eigenvalue weighted by molar-refractivity contribution is 7.33. The Morgan fingerprint density at radius 1 is 1.14 bits per heavy atom. The maximum atomic E-state index is 10.9. The molecule has 0 aliphatic heterocycles. The zero-order valence-corrected chi connectivity index (χ0v) is 9.19. The molecule has 0 fully saturated rings. The Morgan fingerprint density at radius 2 is 1.50 bits per heavy atom. The van der Waals surface area contributed by atoms with E-state index in [-0.39, 0.29) is 13.5 Å². The average molecular weight is 228 g/mol. The summed E-state index contributed by atoms with van der Waals surface area (Å²) < 4.78 is 20.2. The van der Waals surface area contributed by atoms with Crippen LogP contribution in [0.1, 0.15) is 13.8 Å². The molecule has 0 aliphatic rings. The molecule has 2 unspecified atom stereocenters. The standard InChI is InChI=1S/C6H17N2O5P/c1-5(9)7-3-12-14(11)13-4-8-6(2)10/h5-10,14H,3-4H2,1-2H3. The molecule has 8 heteroatoms. The van der Waals surface area contributed by atoms with Crippen LogP contribution in [0.5, 0.6) is 0 Å². The van der Waals surface area contributed by atoms with Gasteiger partial charge in [0.2, 0.25) is 0 Å². The van der Waals surface area contributed by atoms with E-state index in [9.17, 15) is 4.57 Å². The molecular formula is C6H17N2O5P. The van der Waals surface area contributed by atoms with Crippen molar-refractivity contribution in [2.75, 3.05) is 13.5 Å². The van der Waals surface area contributed by atoms with Gasteiger partial charge in [-0.05, 0) is 13.8 Å². The molecular weight excluding hydrogens is 211 g/mol. The predicted octanol–water partition coefficient (Wildman–Crippen LogP) is -0.820. The van der Waals surface area contributed by atoms with Crippen LogP contribution < -0.4 is 10.6 Å². The molecule has 0 spiro atoms. The predicted molar refractivity (Wildman–Crippen MR) is 50.5 cm³/mol. The fourth-order valence-electron chi connectivity index (χ4n) is 0.484. The zero-order chi connectivity index (χ0) is 11.0. The van der Waals surface area contributed by atoms with Gasteiger partial charge in [-0.15, -0.1) is 0 Å². The van der Waals surface area contributed by atoms with E-state index < -0.39 is 20.7 Å². The lowest BCUT2D eigenvalue weighted by atomic mass is 10.7. The van der Waals surface area contributed by atoms with Crippen molar-refractivity contribution in [2.45, 2.75) is 26.3 Å². The fraction of sp³-hybridized carbons (Fsp3) is 1.00. The molecule has 0 aromatic heterocycles. The molecule has 0 radical (unpaired) electrons. The van der Waals surface area contributed by atoms with Crippen molar-refractivity contribution in [3.63, 3.8) is 0 Å². The van der Waals surface area contributed by atoms with Crippen molar-refractivity contribution in [3.05, 3.63) is 0 Å². The van der Waals surface area contributed by atoms with Gasteiger partial charge in [-0.25, -0.2) is 0 Å². The summed E-state index contributed by atoms with van der Waals surface area (Å²) in [6.45, 7) is 2.92. The topological polar surface area (TPSA) is 100 Å². The third-order valence-electron chi connectivity index (χ3n) is 1.14. The molecule has 0 aromatic carbocycles. The van der Waals surface area contributed by atoms with Gasteiger partial charge in [-0.2, -0.15) is 0 Å². The van der Waals surface area contributed by atoms with E-state index in [4.69, 9.17) is 10.2 Å². The molecule has 7 nitrogen and oxygen atoms in total. The van der Waals surface area contributed by atoms with Gasteiger partial charge in [-0.3, -0.25) is 24.2 Å². The molecule has 0 heterocycles. The third-order valence-corrected chi connectivity index (χ3v) is 1.90. The quantitative estimate of drug-likeness (QED) is 0.318. The Hall–Kier alpha value is -0.0100.